The number of rotatable bonds is 8. The maximum absolute atomic E-state index is 12.2. The Balaban J connectivity index is 1.81. The summed E-state index contributed by atoms with van der Waals surface area (Å²) < 4.78 is 69.3. The van der Waals surface area contributed by atoms with Gasteiger partial charge in [0.25, 0.3) is 0 Å². The van der Waals surface area contributed by atoms with Gasteiger partial charge in [-0.2, -0.15) is 13.2 Å². The van der Waals surface area contributed by atoms with Crippen LogP contribution in [0.2, 0.25) is 0 Å². The minimum absolute atomic E-state index is 0.0227. The van der Waals surface area contributed by atoms with Crippen LogP contribution in [-0.2, 0) is 21.1 Å². The molecule has 1 unspecified atom stereocenters. The predicted octanol–water partition coefficient (Wildman–Crippen LogP) is 2.12. The van der Waals surface area contributed by atoms with Gasteiger partial charge < -0.3 is 14.8 Å². The average Bonchev–Trinajstić information content (AvgIpc) is 2.94. The quantitative estimate of drug-likeness (QED) is 0.711. The smallest absolute Gasteiger partial charge is 0.422 e. The highest BCUT2D eigenvalue weighted by atomic mass is 32.2. The summed E-state index contributed by atoms with van der Waals surface area (Å²) in [6, 6.07) is 4.48. The minimum Gasteiger partial charge on any atom is -0.493 e. The molecule has 0 aliphatic carbocycles. The van der Waals surface area contributed by atoms with Crippen LogP contribution in [0.15, 0.2) is 18.2 Å². The standard InChI is InChI=1S/C17H22F3NO5S/c1-25-15-8-12(2-4-14(15)26-11-17(18,19)20)3-5-16(22)21-9-13-6-7-27(23,24)10-13/h2,4,8,13H,3,5-7,9-11H2,1H3,(H,21,22). The highest BCUT2D eigenvalue weighted by Gasteiger charge is 2.29. The van der Waals surface area contributed by atoms with Crippen molar-refractivity contribution in [2.75, 3.05) is 31.8 Å². The Hall–Kier alpha value is -1.97. The van der Waals surface area contributed by atoms with E-state index in [0.717, 1.165) is 0 Å². The molecule has 1 aliphatic heterocycles. The molecule has 0 bridgehead atoms. The number of carbonyl (C=O) groups is 1. The first-order valence-corrected chi connectivity index (χ1v) is 10.2. The molecule has 1 aromatic rings. The summed E-state index contributed by atoms with van der Waals surface area (Å²) in [7, 11) is -1.65. The van der Waals surface area contributed by atoms with E-state index in [2.05, 4.69) is 5.32 Å². The van der Waals surface area contributed by atoms with Crippen molar-refractivity contribution in [3.63, 3.8) is 0 Å². The third-order valence-electron chi connectivity index (χ3n) is 4.17. The van der Waals surface area contributed by atoms with E-state index in [0.29, 0.717) is 24.9 Å². The van der Waals surface area contributed by atoms with Gasteiger partial charge in [-0.1, -0.05) is 6.07 Å². The molecule has 2 rings (SSSR count). The Morgan fingerprint density at radius 3 is 2.63 bits per heavy atom. The summed E-state index contributed by atoms with van der Waals surface area (Å²) in [6.45, 7) is -1.09. The van der Waals surface area contributed by atoms with Crippen molar-refractivity contribution in [3.05, 3.63) is 23.8 Å². The largest absolute Gasteiger partial charge is 0.493 e. The van der Waals surface area contributed by atoms with E-state index in [-0.39, 0.29) is 41.3 Å². The Labute approximate surface area is 156 Å². The van der Waals surface area contributed by atoms with E-state index in [1.165, 1.54) is 19.2 Å². The minimum atomic E-state index is -4.44. The maximum Gasteiger partial charge on any atom is 0.422 e. The van der Waals surface area contributed by atoms with Crippen LogP contribution in [0.5, 0.6) is 11.5 Å². The second-order valence-corrected chi connectivity index (χ2v) is 8.69. The van der Waals surface area contributed by atoms with Crippen molar-refractivity contribution in [3.8, 4) is 11.5 Å². The van der Waals surface area contributed by atoms with Gasteiger partial charge in [0.05, 0.1) is 18.6 Å². The van der Waals surface area contributed by atoms with Crippen LogP contribution in [0.1, 0.15) is 18.4 Å². The van der Waals surface area contributed by atoms with Gasteiger partial charge in [-0.05, 0) is 36.5 Å². The number of methoxy groups -OCH3 is 1. The lowest BCUT2D eigenvalue weighted by Crippen LogP contribution is -2.29. The van der Waals surface area contributed by atoms with Crippen molar-refractivity contribution in [1.82, 2.24) is 5.32 Å². The second kappa shape index (κ2) is 8.81. The molecule has 1 fully saturated rings. The van der Waals surface area contributed by atoms with Crippen molar-refractivity contribution in [2.45, 2.75) is 25.4 Å². The number of nitrogens with one attached hydrogen (secondary N) is 1. The van der Waals surface area contributed by atoms with E-state index < -0.39 is 22.6 Å². The van der Waals surface area contributed by atoms with Gasteiger partial charge in [0, 0.05) is 13.0 Å². The zero-order valence-corrected chi connectivity index (χ0v) is 15.7. The van der Waals surface area contributed by atoms with Crippen molar-refractivity contribution in [2.24, 2.45) is 5.92 Å². The number of benzene rings is 1. The highest BCUT2D eigenvalue weighted by molar-refractivity contribution is 7.91. The topological polar surface area (TPSA) is 81.7 Å². The first-order chi connectivity index (χ1) is 12.6. The normalized spacial score (nSPS) is 18.9. The molecule has 0 saturated carbocycles. The van der Waals surface area contributed by atoms with E-state index in [4.69, 9.17) is 9.47 Å². The molecule has 27 heavy (non-hydrogen) atoms. The molecule has 1 aromatic carbocycles. The summed E-state index contributed by atoms with van der Waals surface area (Å²) in [5.41, 5.74) is 0.713. The van der Waals surface area contributed by atoms with Gasteiger partial charge in [-0.15, -0.1) is 0 Å². The maximum atomic E-state index is 12.2. The summed E-state index contributed by atoms with van der Waals surface area (Å²) >= 11 is 0. The van der Waals surface area contributed by atoms with Crippen LogP contribution >= 0.6 is 0 Å². The SMILES string of the molecule is COc1cc(CCC(=O)NCC2CCS(=O)(=O)C2)ccc1OCC(F)(F)F. The molecule has 1 heterocycles. The number of sulfone groups is 1. The van der Waals surface area contributed by atoms with Crippen LogP contribution in [0.25, 0.3) is 0 Å². The average molecular weight is 409 g/mol. The van der Waals surface area contributed by atoms with E-state index in [1.54, 1.807) is 6.07 Å². The Kier molecular flexibility index (Phi) is 6.96. The number of halogens is 3. The molecule has 1 amide bonds. The summed E-state index contributed by atoms with van der Waals surface area (Å²) in [5, 5.41) is 2.73. The molecule has 1 atom stereocenters. The van der Waals surface area contributed by atoms with Gasteiger partial charge in [-0.25, -0.2) is 8.42 Å². The zero-order chi connectivity index (χ0) is 20.1. The van der Waals surface area contributed by atoms with Crippen LogP contribution in [0.4, 0.5) is 13.2 Å². The van der Waals surface area contributed by atoms with Crippen LogP contribution in [-0.4, -0.2) is 52.3 Å². The molecule has 1 aliphatic rings. The molecular weight excluding hydrogens is 387 g/mol. The van der Waals surface area contributed by atoms with E-state index >= 15 is 0 Å². The van der Waals surface area contributed by atoms with Gasteiger partial charge in [0.1, 0.15) is 0 Å². The number of aryl methyl sites for hydroxylation is 1. The van der Waals surface area contributed by atoms with E-state index in [9.17, 15) is 26.4 Å². The highest BCUT2D eigenvalue weighted by Crippen LogP contribution is 2.30. The molecule has 0 radical (unpaired) electrons. The Morgan fingerprint density at radius 2 is 2.04 bits per heavy atom. The first kappa shape index (κ1) is 21.3. The lowest BCUT2D eigenvalue weighted by atomic mass is 10.1. The third-order valence-corrected chi connectivity index (χ3v) is 6.01. The van der Waals surface area contributed by atoms with Gasteiger partial charge >= 0.3 is 6.18 Å². The van der Waals surface area contributed by atoms with Crippen molar-refractivity contribution >= 4 is 15.7 Å². The van der Waals surface area contributed by atoms with E-state index in [1.807, 2.05) is 0 Å². The number of ether oxygens (including phenoxy) is 2. The van der Waals surface area contributed by atoms with Crippen LogP contribution < -0.4 is 14.8 Å². The lowest BCUT2D eigenvalue weighted by molar-refractivity contribution is -0.153. The van der Waals surface area contributed by atoms with Gasteiger partial charge in [0.15, 0.2) is 27.9 Å². The number of amides is 1. The fraction of sp³-hybridized carbons (Fsp3) is 0.588. The molecule has 152 valence electrons. The molecular formula is C17H22F3NO5S. The van der Waals surface area contributed by atoms with Crippen LogP contribution in [0, 0.1) is 5.92 Å². The molecule has 0 aromatic heterocycles. The lowest BCUT2D eigenvalue weighted by Gasteiger charge is -2.14. The van der Waals surface area contributed by atoms with Gasteiger partial charge in [0.2, 0.25) is 5.91 Å². The molecule has 10 heteroatoms. The Morgan fingerprint density at radius 1 is 1.30 bits per heavy atom. The number of hydrogen-bond acceptors (Lipinski definition) is 5. The molecule has 1 saturated heterocycles. The molecule has 0 spiro atoms. The zero-order valence-electron chi connectivity index (χ0n) is 14.8. The Bertz CT molecular complexity index is 764. The fourth-order valence-corrected chi connectivity index (χ4v) is 4.65. The fourth-order valence-electron chi connectivity index (χ4n) is 2.78. The molecule has 6 nitrogen and oxygen atoms in total. The van der Waals surface area contributed by atoms with Crippen LogP contribution in [0.3, 0.4) is 0 Å². The predicted molar refractivity (Wildman–Crippen MR) is 92.6 cm³/mol. The number of carbonyl (C=O) groups excluding carboxylic acids is 1. The monoisotopic (exact) mass is 409 g/mol. The van der Waals surface area contributed by atoms with Gasteiger partial charge in [-0.3, -0.25) is 4.79 Å². The number of hydrogen-bond donors (Lipinski definition) is 1. The third kappa shape index (κ3) is 7.28. The summed E-state index contributed by atoms with van der Waals surface area (Å²) in [5.74, 6) is 0.138. The van der Waals surface area contributed by atoms with Crippen molar-refractivity contribution in [1.29, 1.82) is 0 Å². The molecule has 1 N–H and O–H groups in total. The summed E-state index contributed by atoms with van der Waals surface area (Å²) in [4.78, 5) is 11.9. The van der Waals surface area contributed by atoms with Crippen molar-refractivity contribution < 1.29 is 35.9 Å². The second-order valence-electron chi connectivity index (χ2n) is 6.46. The first-order valence-electron chi connectivity index (χ1n) is 8.41. The number of alkyl halides is 3. The summed E-state index contributed by atoms with van der Waals surface area (Å²) in [6.07, 6.45) is -3.35.